The molecule has 1 atom stereocenters. The first-order valence-corrected chi connectivity index (χ1v) is 9.31. The van der Waals surface area contributed by atoms with Crippen molar-refractivity contribution in [2.24, 2.45) is 5.41 Å². The van der Waals surface area contributed by atoms with Gasteiger partial charge in [-0.25, -0.2) is 4.98 Å². The minimum Gasteiger partial charge on any atom is -0.303 e. The Hall–Kier alpha value is -1.24. The number of hydrogen-bond donors (Lipinski definition) is 0. The van der Waals surface area contributed by atoms with Gasteiger partial charge < -0.3 is 4.90 Å². The average molecular weight is 333 g/mol. The van der Waals surface area contributed by atoms with Crippen LogP contribution < -0.4 is 4.90 Å². The summed E-state index contributed by atoms with van der Waals surface area (Å²) in [6, 6.07) is 4.18. The van der Waals surface area contributed by atoms with E-state index < -0.39 is 0 Å². The van der Waals surface area contributed by atoms with Crippen LogP contribution in [0.15, 0.2) is 23.7 Å². The van der Waals surface area contributed by atoms with Crippen LogP contribution in [0.1, 0.15) is 22.7 Å². The second kappa shape index (κ2) is 5.44. The van der Waals surface area contributed by atoms with Gasteiger partial charge in [0, 0.05) is 41.4 Å². The van der Waals surface area contributed by atoms with Crippen LogP contribution in [0, 0.1) is 12.3 Å². The van der Waals surface area contributed by atoms with Crippen molar-refractivity contribution in [1.82, 2.24) is 9.88 Å². The first-order chi connectivity index (χ1) is 10.6. The molecule has 1 spiro atoms. The Morgan fingerprint density at radius 1 is 1.36 bits per heavy atom. The Balaban J connectivity index is 1.46. The van der Waals surface area contributed by atoms with Gasteiger partial charge in [-0.05, 0) is 32.0 Å². The maximum atomic E-state index is 12.5. The summed E-state index contributed by atoms with van der Waals surface area (Å²) in [5, 5.41) is 4.31. The Morgan fingerprint density at radius 2 is 2.27 bits per heavy atom. The first kappa shape index (κ1) is 14.4. The quantitative estimate of drug-likeness (QED) is 0.866. The topological polar surface area (TPSA) is 36.4 Å². The lowest BCUT2D eigenvalue weighted by molar-refractivity contribution is -0.117. The van der Waals surface area contributed by atoms with Crippen LogP contribution in [0.4, 0.5) is 5.00 Å². The van der Waals surface area contributed by atoms with Gasteiger partial charge >= 0.3 is 0 Å². The molecule has 0 aromatic carbocycles. The van der Waals surface area contributed by atoms with Gasteiger partial charge in [-0.2, -0.15) is 0 Å². The van der Waals surface area contributed by atoms with Gasteiger partial charge in [-0.1, -0.05) is 0 Å². The lowest BCUT2D eigenvalue weighted by atomic mass is 9.86. The molecule has 0 N–H and O–H groups in total. The summed E-state index contributed by atoms with van der Waals surface area (Å²) in [5.74, 6) is 0.290. The third-order valence-corrected chi connectivity index (χ3v) is 6.46. The molecule has 2 aromatic rings. The molecule has 0 bridgehead atoms. The highest BCUT2D eigenvalue weighted by atomic mass is 32.1. The second-order valence-electron chi connectivity index (χ2n) is 6.43. The number of aromatic nitrogens is 1. The fraction of sp³-hybridized carbons (Fsp3) is 0.500. The van der Waals surface area contributed by atoms with Crippen LogP contribution in [-0.2, 0) is 11.3 Å². The fourth-order valence-electron chi connectivity index (χ4n) is 3.62. The Kier molecular flexibility index (Phi) is 3.55. The number of anilines is 1. The Morgan fingerprint density at radius 3 is 3.00 bits per heavy atom. The summed E-state index contributed by atoms with van der Waals surface area (Å²) in [5.41, 5.74) is 0.145. The molecule has 4 nitrogen and oxygen atoms in total. The van der Waals surface area contributed by atoms with Crippen LogP contribution in [0.3, 0.4) is 0 Å². The summed E-state index contributed by atoms with van der Waals surface area (Å²) < 4.78 is 0. The predicted molar refractivity (Wildman–Crippen MR) is 90.5 cm³/mol. The van der Waals surface area contributed by atoms with Crippen molar-refractivity contribution in [3.05, 3.63) is 33.6 Å². The molecule has 2 aromatic heterocycles. The molecule has 6 heteroatoms. The fourth-order valence-corrected chi connectivity index (χ4v) is 5.16. The van der Waals surface area contributed by atoms with Crippen molar-refractivity contribution < 1.29 is 4.79 Å². The number of nitrogens with zero attached hydrogens (tertiary/aromatic N) is 3. The van der Waals surface area contributed by atoms with E-state index in [4.69, 9.17) is 0 Å². The van der Waals surface area contributed by atoms with Crippen molar-refractivity contribution in [1.29, 1.82) is 0 Å². The van der Waals surface area contributed by atoms with Crippen molar-refractivity contribution in [2.75, 3.05) is 24.5 Å². The number of rotatable bonds is 3. The molecule has 2 fully saturated rings. The summed E-state index contributed by atoms with van der Waals surface area (Å²) in [6.45, 7) is 5.98. The summed E-state index contributed by atoms with van der Waals surface area (Å²) in [4.78, 5) is 22.6. The van der Waals surface area contributed by atoms with E-state index in [1.807, 2.05) is 16.5 Å². The molecule has 0 saturated carbocycles. The van der Waals surface area contributed by atoms with Gasteiger partial charge in [0.1, 0.15) is 5.01 Å². The number of carbonyl (C=O) groups is 1. The van der Waals surface area contributed by atoms with E-state index in [1.54, 1.807) is 22.7 Å². The van der Waals surface area contributed by atoms with Crippen molar-refractivity contribution in [2.45, 2.75) is 26.3 Å². The maximum absolute atomic E-state index is 12.5. The van der Waals surface area contributed by atoms with Gasteiger partial charge in [0.15, 0.2) is 0 Å². The monoisotopic (exact) mass is 333 g/mol. The predicted octanol–water partition coefficient (Wildman–Crippen LogP) is 3.14. The third kappa shape index (κ3) is 2.59. The molecule has 2 aliphatic rings. The highest BCUT2D eigenvalue weighted by molar-refractivity contribution is 7.16. The first-order valence-electron chi connectivity index (χ1n) is 7.61. The van der Waals surface area contributed by atoms with Crippen molar-refractivity contribution >= 4 is 33.6 Å². The van der Waals surface area contributed by atoms with Crippen LogP contribution in [0.25, 0.3) is 0 Å². The van der Waals surface area contributed by atoms with Crippen molar-refractivity contribution in [3.8, 4) is 0 Å². The average Bonchev–Trinajstić information content (AvgIpc) is 3.22. The maximum Gasteiger partial charge on any atom is 0.228 e. The lowest BCUT2D eigenvalue weighted by Gasteiger charge is -2.23. The molecule has 4 rings (SSSR count). The van der Waals surface area contributed by atoms with E-state index in [0.29, 0.717) is 6.42 Å². The number of likely N-dealkylation sites (tertiary alicyclic amines) is 1. The zero-order valence-corrected chi connectivity index (χ0v) is 14.3. The van der Waals surface area contributed by atoms with Crippen LogP contribution in [0.5, 0.6) is 0 Å². The third-order valence-electron chi connectivity index (χ3n) is 4.67. The number of thiazole rings is 1. The van der Waals surface area contributed by atoms with E-state index in [2.05, 4.69) is 28.9 Å². The summed E-state index contributed by atoms with van der Waals surface area (Å²) in [6.07, 6.45) is 3.68. The van der Waals surface area contributed by atoms with E-state index in [-0.39, 0.29) is 11.3 Å². The molecule has 1 unspecified atom stereocenters. The standard InChI is InChI=1S/C16H19N3OS2/c1-12-2-3-15(22-12)19-11-16(8-14(19)20)4-6-18(10-16)9-13-17-5-7-21-13/h2-3,5,7H,4,6,8-11H2,1H3. The van der Waals surface area contributed by atoms with Gasteiger partial charge in [0.2, 0.25) is 5.91 Å². The Bertz CT molecular complexity index is 681. The molecule has 4 heterocycles. The van der Waals surface area contributed by atoms with Crippen LogP contribution >= 0.6 is 22.7 Å². The molecule has 0 radical (unpaired) electrons. The smallest absolute Gasteiger partial charge is 0.228 e. The van der Waals surface area contributed by atoms with Gasteiger partial charge in [0.25, 0.3) is 0 Å². The number of hydrogen-bond acceptors (Lipinski definition) is 5. The molecule has 2 saturated heterocycles. The minimum atomic E-state index is 0.145. The number of carbonyl (C=O) groups excluding carboxylic acids is 1. The van der Waals surface area contributed by atoms with Gasteiger partial charge in [-0.15, -0.1) is 22.7 Å². The number of aryl methyl sites for hydroxylation is 1. The second-order valence-corrected chi connectivity index (χ2v) is 8.67. The van der Waals surface area contributed by atoms with E-state index in [0.717, 1.165) is 37.6 Å². The number of amides is 1. The zero-order chi connectivity index (χ0) is 15.2. The Labute approximate surface area is 138 Å². The molecule has 22 heavy (non-hydrogen) atoms. The molecule has 0 aliphatic carbocycles. The molecule has 116 valence electrons. The van der Waals surface area contributed by atoms with E-state index >= 15 is 0 Å². The van der Waals surface area contributed by atoms with Crippen LogP contribution in [0.2, 0.25) is 0 Å². The molecule has 1 amide bonds. The zero-order valence-electron chi connectivity index (χ0n) is 12.6. The largest absolute Gasteiger partial charge is 0.303 e. The van der Waals surface area contributed by atoms with Crippen molar-refractivity contribution in [3.63, 3.8) is 0 Å². The highest BCUT2D eigenvalue weighted by Gasteiger charge is 2.48. The molecular formula is C16H19N3OS2. The molecule has 2 aliphatic heterocycles. The van der Waals surface area contributed by atoms with Gasteiger partial charge in [-0.3, -0.25) is 9.69 Å². The van der Waals surface area contributed by atoms with E-state index in [9.17, 15) is 4.79 Å². The lowest BCUT2D eigenvalue weighted by Crippen LogP contribution is -2.30. The SMILES string of the molecule is Cc1ccc(N2CC3(CCN(Cc4nccs4)C3)CC2=O)s1. The summed E-state index contributed by atoms with van der Waals surface area (Å²) >= 11 is 3.43. The highest BCUT2D eigenvalue weighted by Crippen LogP contribution is 2.43. The number of thiophene rings is 1. The molecular weight excluding hydrogens is 314 g/mol. The minimum absolute atomic E-state index is 0.145. The van der Waals surface area contributed by atoms with E-state index in [1.165, 1.54) is 9.88 Å². The van der Waals surface area contributed by atoms with Gasteiger partial charge in [0.05, 0.1) is 11.5 Å². The summed E-state index contributed by atoms with van der Waals surface area (Å²) in [7, 11) is 0. The normalized spacial score (nSPS) is 25.7. The van der Waals surface area contributed by atoms with Crippen LogP contribution in [-0.4, -0.2) is 35.4 Å².